The molecule has 5 heteroatoms. The van der Waals surface area contributed by atoms with E-state index in [0.717, 1.165) is 16.6 Å². The normalized spacial score (nSPS) is 12.2. The van der Waals surface area contributed by atoms with Crippen LogP contribution < -0.4 is 11.1 Å². The number of anilines is 2. The van der Waals surface area contributed by atoms with E-state index in [0.29, 0.717) is 5.69 Å². The van der Waals surface area contributed by atoms with E-state index in [9.17, 15) is 4.79 Å². The Kier molecular flexibility index (Phi) is 3.55. The van der Waals surface area contributed by atoms with Crippen LogP contribution in [-0.4, -0.2) is 35.9 Å². The van der Waals surface area contributed by atoms with Crippen LogP contribution in [0.3, 0.4) is 0 Å². The molecule has 0 bridgehead atoms. The lowest BCUT2D eigenvalue weighted by atomic mass is 10.1. The van der Waals surface area contributed by atoms with Gasteiger partial charge in [0.1, 0.15) is 6.04 Å². The second kappa shape index (κ2) is 5.14. The van der Waals surface area contributed by atoms with Crippen LogP contribution in [0.1, 0.15) is 6.92 Å². The number of fused-ring (bicyclic) bond motifs is 1. The summed E-state index contributed by atoms with van der Waals surface area (Å²) in [6.45, 7) is 1.82. The first-order valence-corrected chi connectivity index (χ1v) is 6.11. The van der Waals surface area contributed by atoms with Crippen LogP contribution in [0.2, 0.25) is 0 Å². The van der Waals surface area contributed by atoms with Gasteiger partial charge in [0.05, 0.1) is 23.1 Å². The van der Waals surface area contributed by atoms with Crippen molar-refractivity contribution < 1.29 is 4.79 Å². The Morgan fingerprint density at radius 1 is 1.37 bits per heavy atom. The molecule has 2 aromatic rings. The lowest BCUT2D eigenvalue weighted by Gasteiger charge is -2.20. The van der Waals surface area contributed by atoms with Crippen molar-refractivity contribution in [1.82, 2.24) is 9.88 Å². The van der Waals surface area contributed by atoms with Gasteiger partial charge >= 0.3 is 0 Å². The van der Waals surface area contributed by atoms with E-state index in [1.807, 2.05) is 31.2 Å². The predicted octanol–water partition coefficient (Wildman–Crippen LogP) is 1.71. The summed E-state index contributed by atoms with van der Waals surface area (Å²) in [4.78, 5) is 17.7. The number of carbonyl (C=O) groups excluding carboxylic acids is 1. The van der Waals surface area contributed by atoms with E-state index in [1.54, 1.807) is 25.2 Å². The van der Waals surface area contributed by atoms with E-state index < -0.39 is 0 Å². The maximum Gasteiger partial charge on any atom is 0.244 e. The summed E-state index contributed by atoms with van der Waals surface area (Å²) in [7, 11) is 3.46. The molecule has 0 radical (unpaired) electrons. The molecule has 1 heterocycles. The first-order valence-electron chi connectivity index (χ1n) is 6.11. The van der Waals surface area contributed by atoms with Gasteiger partial charge in [0, 0.05) is 19.5 Å². The van der Waals surface area contributed by atoms with Crippen LogP contribution in [0.15, 0.2) is 30.5 Å². The molecule has 0 aliphatic carbocycles. The largest absolute Gasteiger partial charge is 0.396 e. The molecule has 1 atom stereocenters. The Morgan fingerprint density at radius 2 is 2.05 bits per heavy atom. The fraction of sp³-hybridized carbons (Fsp3) is 0.286. The molecule has 0 spiro atoms. The van der Waals surface area contributed by atoms with E-state index in [1.165, 1.54) is 0 Å². The predicted molar refractivity (Wildman–Crippen MR) is 77.9 cm³/mol. The van der Waals surface area contributed by atoms with Crippen molar-refractivity contribution in [3.8, 4) is 0 Å². The fourth-order valence-corrected chi connectivity index (χ4v) is 1.98. The lowest BCUT2D eigenvalue weighted by Crippen LogP contribution is -2.36. The first kappa shape index (κ1) is 13.1. The van der Waals surface area contributed by atoms with E-state index >= 15 is 0 Å². The van der Waals surface area contributed by atoms with Crippen molar-refractivity contribution in [2.45, 2.75) is 13.0 Å². The smallest absolute Gasteiger partial charge is 0.244 e. The van der Waals surface area contributed by atoms with Crippen molar-refractivity contribution in [2.24, 2.45) is 0 Å². The SMILES string of the molecule is CC(Nc1c(N)cnc2ccccc12)C(=O)N(C)C. The van der Waals surface area contributed by atoms with Gasteiger partial charge in [-0.05, 0) is 13.0 Å². The van der Waals surface area contributed by atoms with Gasteiger partial charge in [0.25, 0.3) is 0 Å². The number of nitrogens with two attached hydrogens (primary N) is 1. The monoisotopic (exact) mass is 258 g/mol. The highest BCUT2D eigenvalue weighted by Crippen LogP contribution is 2.28. The molecule has 1 unspecified atom stereocenters. The molecule has 5 nitrogen and oxygen atoms in total. The Balaban J connectivity index is 2.39. The highest BCUT2D eigenvalue weighted by molar-refractivity contribution is 5.98. The van der Waals surface area contributed by atoms with E-state index in [-0.39, 0.29) is 11.9 Å². The quantitative estimate of drug-likeness (QED) is 0.879. The summed E-state index contributed by atoms with van der Waals surface area (Å²) in [5, 5.41) is 4.10. The zero-order chi connectivity index (χ0) is 14.0. The van der Waals surface area contributed by atoms with Gasteiger partial charge in [-0.1, -0.05) is 18.2 Å². The number of para-hydroxylation sites is 1. The van der Waals surface area contributed by atoms with Gasteiger partial charge in [-0.15, -0.1) is 0 Å². The maximum atomic E-state index is 11.9. The number of rotatable bonds is 3. The summed E-state index contributed by atoms with van der Waals surface area (Å²) in [6.07, 6.45) is 1.61. The number of hydrogen-bond acceptors (Lipinski definition) is 4. The number of nitrogens with one attached hydrogen (secondary N) is 1. The number of benzene rings is 1. The van der Waals surface area contributed by atoms with Gasteiger partial charge in [-0.2, -0.15) is 0 Å². The minimum absolute atomic E-state index is 0.000272. The summed E-state index contributed by atoms with van der Waals surface area (Å²) in [6, 6.07) is 7.35. The zero-order valence-electron chi connectivity index (χ0n) is 11.3. The van der Waals surface area contributed by atoms with Crippen LogP contribution in [0.4, 0.5) is 11.4 Å². The molecule has 2 rings (SSSR count). The Morgan fingerprint density at radius 3 is 2.74 bits per heavy atom. The molecule has 0 saturated carbocycles. The molecule has 3 N–H and O–H groups in total. The number of carbonyl (C=O) groups is 1. The average Bonchev–Trinajstić information content (AvgIpc) is 2.40. The number of nitrogen functional groups attached to an aromatic ring is 1. The van der Waals surface area contributed by atoms with E-state index in [4.69, 9.17) is 5.73 Å². The fourth-order valence-electron chi connectivity index (χ4n) is 1.98. The molecule has 1 aromatic heterocycles. The van der Waals surface area contributed by atoms with Crippen molar-refractivity contribution in [1.29, 1.82) is 0 Å². The average molecular weight is 258 g/mol. The second-order valence-corrected chi connectivity index (χ2v) is 4.70. The standard InChI is InChI=1S/C14H18N4O/c1-9(14(19)18(2)3)17-13-10-6-4-5-7-12(10)16-8-11(13)15/h4-9H,15H2,1-3H3,(H,16,17). The molecule has 1 aromatic carbocycles. The van der Waals surface area contributed by atoms with Gasteiger partial charge in [-0.3, -0.25) is 9.78 Å². The summed E-state index contributed by atoms with van der Waals surface area (Å²) in [5.74, 6) is 0.000272. The number of aromatic nitrogens is 1. The molecule has 19 heavy (non-hydrogen) atoms. The van der Waals surface area contributed by atoms with Crippen LogP contribution in [0.5, 0.6) is 0 Å². The van der Waals surface area contributed by atoms with Crippen molar-refractivity contribution in [3.63, 3.8) is 0 Å². The second-order valence-electron chi connectivity index (χ2n) is 4.70. The number of hydrogen-bond donors (Lipinski definition) is 2. The third-order valence-corrected chi connectivity index (χ3v) is 2.98. The maximum absolute atomic E-state index is 11.9. The third kappa shape index (κ3) is 2.59. The van der Waals surface area contributed by atoms with Crippen LogP contribution in [-0.2, 0) is 4.79 Å². The molecular weight excluding hydrogens is 240 g/mol. The number of nitrogens with zero attached hydrogens (tertiary/aromatic N) is 2. The molecule has 100 valence electrons. The third-order valence-electron chi connectivity index (χ3n) is 2.98. The van der Waals surface area contributed by atoms with Gasteiger partial charge < -0.3 is 16.0 Å². The lowest BCUT2D eigenvalue weighted by molar-refractivity contribution is -0.129. The Labute approximate surface area is 112 Å². The molecule has 0 saturated heterocycles. The van der Waals surface area contributed by atoms with Gasteiger partial charge in [0.2, 0.25) is 5.91 Å². The number of pyridine rings is 1. The van der Waals surface area contributed by atoms with Crippen molar-refractivity contribution in [3.05, 3.63) is 30.5 Å². The minimum atomic E-state index is -0.344. The van der Waals surface area contributed by atoms with Gasteiger partial charge in [-0.25, -0.2) is 0 Å². The molecule has 0 fully saturated rings. The topological polar surface area (TPSA) is 71.2 Å². The zero-order valence-corrected chi connectivity index (χ0v) is 11.3. The Hall–Kier alpha value is -2.30. The Bertz CT molecular complexity index is 609. The van der Waals surface area contributed by atoms with Crippen molar-refractivity contribution >= 4 is 28.2 Å². The van der Waals surface area contributed by atoms with Crippen LogP contribution >= 0.6 is 0 Å². The minimum Gasteiger partial charge on any atom is -0.396 e. The van der Waals surface area contributed by atoms with Crippen molar-refractivity contribution in [2.75, 3.05) is 25.1 Å². The molecule has 0 aliphatic heterocycles. The summed E-state index contributed by atoms with van der Waals surface area (Å²) in [5.41, 5.74) is 8.11. The number of amides is 1. The summed E-state index contributed by atoms with van der Waals surface area (Å²) < 4.78 is 0. The first-order chi connectivity index (χ1) is 9.00. The van der Waals surface area contributed by atoms with Gasteiger partial charge in [0.15, 0.2) is 0 Å². The molecule has 1 amide bonds. The number of likely N-dealkylation sites (N-methyl/N-ethyl adjacent to an activating group) is 1. The molecular formula is C14H18N4O. The van der Waals surface area contributed by atoms with Crippen LogP contribution in [0.25, 0.3) is 10.9 Å². The summed E-state index contributed by atoms with van der Waals surface area (Å²) >= 11 is 0. The van der Waals surface area contributed by atoms with E-state index in [2.05, 4.69) is 10.3 Å². The van der Waals surface area contributed by atoms with Crippen LogP contribution in [0, 0.1) is 0 Å². The molecule has 0 aliphatic rings. The highest BCUT2D eigenvalue weighted by Gasteiger charge is 2.17. The highest BCUT2D eigenvalue weighted by atomic mass is 16.2.